The molecule has 8 heterocycles. The number of fused-ring (bicyclic) bond motifs is 21. The Hall–Kier alpha value is -15.6. The Balaban J connectivity index is 0.000000133. The Kier molecular flexibility index (Phi) is 14.4. The van der Waals surface area contributed by atoms with E-state index in [2.05, 4.69) is 364 Å². The van der Waals surface area contributed by atoms with E-state index in [9.17, 15) is 5.26 Å². The lowest BCUT2D eigenvalue weighted by molar-refractivity contribution is 0.667. The molecule has 0 radical (unpaired) electrons. The third-order valence-corrected chi connectivity index (χ3v) is 24.6. The van der Waals surface area contributed by atoms with Crippen LogP contribution in [0.1, 0.15) is 5.56 Å². The van der Waals surface area contributed by atoms with Gasteiger partial charge in [-0.15, -0.1) is 11.3 Å². The number of benzene rings is 17. The zero-order chi connectivity index (χ0) is 76.2. The fraction of sp³-hybridized carbons (Fsp3) is 0. The smallest absolute Gasteiger partial charge is 0.180 e. The van der Waals surface area contributed by atoms with Gasteiger partial charge in [0, 0.05) is 103 Å². The molecule has 0 N–H and O–H groups in total. The molecule has 0 bridgehead atoms. The number of nitrogens with zero attached hydrogens (tertiary/aromatic N) is 9. The van der Waals surface area contributed by atoms with Gasteiger partial charge in [0.2, 0.25) is 0 Å². The van der Waals surface area contributed by atoms with Crippen molar-refractivity contribution < 1.29 is 4.42 Å². The van der Waals surface area contributed by atoms with Gasteiger partial charge in [-0.25, -0.2) is 19.9 Å². The van der Waals surface area contributed by atoms with E-state index in [0.717, 1.165) is 148 Å². The number of aromatic nitrogens is 8. The topological polar surface area (TPSA) is 108 Å². The molecule has 0 aliphatic heterocycles. The molecule has 0 saturated carbocycles. The Morgan fingerprint density at radius 2 is 0.716 bits per heavy atom. The SMILES string of the molecule is N#Cc1cc(-c2nc(-c3ccc4c5ccccc5n(-c5ccccc5)c4c3)c3sc4ccccc4c3n2)cc(-n2c3ccccc3c3cc4ccccc4cc32)c1.c1ccc(-n2c3ccccc3c3ccc(-c4nc(-c5ccc(-n6c7ccccc7c7cc8ccccc8cc76)c6ccccc56)nc5c4oc4ccccc45)cc32)cc1. The van der Waals surface area contributed by atoms with Gasteiger partial charge < -0.3 is 22.7 Å². The Morgan fingerprint density at radius 3 is 1.31 bits per heavy atom. The van der Waals surface area contributed by atoms with E-state index >= 15 is 0 Å². The zero-order valence-corrected chi connectivity index (χ0v) is 62.9. The van der Waals surface area contributed by atoms with Gasteiger partial charge in [-0.1, -0.05) is 237 Å². The van der Waals surface area contributed by atoms with Crippen LogP contribution in [0.25, 0.3) is 230 Å². The van der Waals surface area contributed by atoms with Crippen molar-refractivity contribution in [2.24, 2.45) is 0 Å². The third-order valence-electron chi connectivity index (χ3n) is 23.4. The molecule has 8 aromatic heterocycles. The van der Waals surface area contributed by atoms with E-state index in [1.165, 1.54) is 64.9 Å². The maximum absolute atomic E-state index is 10.5. The van der Waals surface area contributed by atoms with E-state index in [4.69, 9.17) is 24.4 Å². The fourth-order valence-electron chi connectivity index (χ4n) is 18.2. The number of nitriles is 1. The van der Waals surface area contributed by atoms with Crippen molar-refractivity contribution in [2.75, 3.05) is 0 Å². The maximum atomic E-state index is 10.5. The lowest BCUT2D eigenvalue weighted by atomic mass is 10.0. The molecule has 0 amide bonds. The molecule has 25 rings (SSSR count). The van der Waals surface area contributed by atoms with E-state index in [1.807, 2.05) is 30.3 Å². The van der Waals surface area contributed by atoms with Gasteiger partial charge in [-0.05, 0) is 160 Å². The minimum Gasteiger partial charge on any atom is -0.452 e. The molecular weight excluding hydrogens is 1440 g/mol. The van der Waals surface area contributed by atoms with Gasteiger partial charge in [0.05, 0.1) is 77.4 Å². The molecule has 11 heteroatoms. The second-order valence-electron chi connectivity index (χ2n) is 29.9. The number of thiophene rings is 1. The van der Waals surface area contributed by atoms with Crippen molar-refractivity contribution in [3.05, 3.63) is 376 Å². The summed E-state index contributed by atoms with van der Waals surface area (Å²) in [6, 6.07) is 133. The Labute approximate surface area is 666 Å². The first-order valence-corrected chi connectivity index (χ1v) is 39.8. The van der Waals surface area contributed by atoms with Gasteiger partial charge in [0.25, 0.3) is 0 Å². The number of para-hydroxylation sites is 7. The normalized spacial score (nSPS) is 12.0. The van der Waals surface area contributed by atoms with Crippen LogP contribution in [-0.4, -0.2) is 38.2 Å². The number of hydrogen-bond acceptors (Lipinski definition) is 7. The summed E-state index contributed by atoms with van der Waals surface area (Å²) < 4.78 is 18.2. The standard InChI is InChI=1S/C54H32N4O.C51H29N5S/c1-2-16-36(17-3-1)57-45-23-11-8-20-39(45)41-27-26-35(32-48(41)57)51-53-52(43-22-10-13-25-50(43)59-53)56-54(55-51)42-28-29-47(38-19-7-6-18-37(38)42)58-46-24-12-9-21-40(46)44-30-33-14-4-5-15-34(33)31-49(44)58;52-30-31-24-35(26-37(25-31)56-44-20-10-7-17-39(44)42-27-32-12-4-5-13-33(32)28-46(42)56)51-53-48(50-49(54-51)41-18-8-11-21-47(41)57-50)34-22-23-40-38-16-6-9-19-43(38)55(45(40)29-34)36-14-2-1-3-15-36/h1-32H;1-29H. The number of rotatable bonds is 8. The van der Waals surface area contributed by atoms with Gasteiger partial charge >= 0.3 is 0 Å². The molecule has 17 aromatic carbocycles. The summed E-state index contributed by atoms with van der Waals surface area (Å²) in [7, 11) is 0. The van der Waals surface area contributed by atoms with Gasteiger partial charge in [-0.3, -0.25) is 0 Å². The summed E-state index contributed by atoms with van der Waals surface area (Å²) in [5, 5.41) is 29.1. The summed E-state index contributed by atoms with van der Waals surface area (Å²) >= 11 is 1.72. The highest BCUT2D eigenvalue weighted by atomic mass is 32.1. The fourth-order valence-corrected chi connectivity index (χ4v) is 19.4. The van der Waals surface area contributed by atoms with E-state index in [0.29, 0.717) is 22.8 Å². The lowest BCUT2D eigenvalue weighted by Gasteiger charge is -2.15. The second-order valence-corrected chi connectivity index (χ2v) is 30.9. The van der Waals surface area contributed by atoms with Crippen LogP contribution in [0.15, 0.2) is 374 Å². The summed E-state index contributed by atoms with van der Waals surface area (Å²) in [5.41, 5.74) is 22.3. The Bertz CT molecular complexity index is 8510. The summed E-state index contributed by atoms with van der Waals surface area (Å²) in [6.07, 6.45) is 0. The molecule has 0 aliphatic carbocycles. The van der Waals surface area contributed by atoms with Crippen molar-refractivity contribution >= 4 is 173 Å². The van der Waals surface area contributed by atoms with Crippen LogP contribution in [0.2, 0.25) is 0 Å². The number of furan rings is 1. The first-order chi connectivity index (χ1) is 57.5. The van der Waals surface area contributed by atoms with Gasteiger partial charge in [0.15, 0.2) is 17.2 Å². The summed E-state index contributed by atoms with van der Waals surface area (Å²) in [6.45, 7) is 0. The van der Waals surface area contributed by atoms with Crippen molar-refractivity contribution in [1.29, 1.82) is 5.26 Å². The lowest BCUT2D eigenvalue weighted by Crippen LogP contribution is -1.99. The van der Waals surface area contributed by atoms with Crippen molar-refractivity contribution in [3.8, 4) is 74.1 Å². The predicted molar refractivity (Wildman–Crippen MR) is 481 cm³/mol. The monoisotopic (exact) mass is 1500 g/mol. The highest BCUT2D eigenvalue weighted by molar-refractivity contribution is 7.26. The molecule has 0 spiro atoms. The summed E-state index contributed by atoms with van der Waals surface area (Å²) in [4.78, 5) is 21.6. The molecule has 0 fully saturated rings. The van der Waals surface area contributed by atoms with Crippen LogP contribution in [0.3, 0.4) is 0 Å². The molecule has 538 valence electrons. The highest BCUT2D eigenvalue weighted by Crippen LogP contribution is 2.47. The van der Waals surface area contributed by atoms with E-state index < -0.39 is 0 Å². The van der Waals surface area contributed by atoms with Crippen molar-refractivity contribution in [3.63, 3.8) is 0 Å². The quantitative estimate of drug-likeness (QED) is 0.150. The second kappa shape index (κ2) is 25.7. The number of hydrogen-bond donors (Lipinski definition) is 0. The first kappa shape index (κ1) is 65.1. The third kappa shape index (κ3) is 10.1. The molecule has 0 atom stereocenters. The molecule has 0 aliphatic rings. The van der Waals surface area contributed by atoms with Crippen LogP contribution in [-0.2, 0) is 0 Å². The average molecular weight is 1500 g/mol. The van der Waals surface area contributed by atoms with Crippen LogP contribution >= 0.6 is 11.3 Å². The molecule has 0 unspecified atom stereocenters. The van der Waals surface area contributed by atoms with Crippen LogP contribution < -0.4 is 0 Å². The first-order valence-electron chi connectivity index (χ1n) is 39.0. The maximum Gasteiger partial charge on any atom is 0.180 e. The Morgan fingerprint density at radius 1 is 0.276 bits per heavy atom. The van der Waals surface area contributed by atoms with Crippen molar-refractivity contribution in [2.45, 2.75) is 0 Å². The van der Waals surface area contributed by atoms with E-state index in [-0.39, 0.29) is 0 Å². The molecular formula is C105H61N9OS. The van der Waals surface area contributed by atoms with Crippen LogP contribution in [0.5, 0.6) is 0 Å². The minimum atomic E-state index is 0.545. The molecule has 116 heavy (non-hydrogen) atoms. The molecule has 25 aromatic rings. The zero-order valence-electron chi connectivity index (χ0n) is 62.1. The van der Waals surface area contributed by atoms with Crippen LogP contribution in [0.4, 0.5) is 0 Å². The van der Waals surface area contributed by atoms with E-state index in [1.54, 1.807) is 11.3 Å². The molecule has 10 nitrogen and oxygen atoms in total. The minimum absolute atomic E-state index is 0.545. The summed E-state index contributed by atoms with van der Waals surface area (Å²) in [5.74, 6) is 1.23. The van der Waals surface area contributed by atoms with Crippen molar-refractivity contribution in [1.82, 2.24) is 38.2 Å². The predicted octanol–water partition coefficient (Wildman–Crippen LogP) is 27.6. The largest absolute Gasteiger partial charge is 0.452 e. The average Bonchev–Trinajstić information content (AvgIpc) is 1.55. The van der Waals surface area contributed by atoms with Crippen LogP contribution in [0, 0.1) is 11.3 Å². The van der Waals surface area contributed by atoms with Gasteiger partial charge in [0.1, 0.15) is 16.8 Å². The van der Waals surface area contributed by atoms with Gasteiger partial charge in [-0.2, -0.15) is 5.26 Å². The molecule has 0 saturated heterocycles. The highest BCUT2D eigenvalue weighted by Gasteiger charge is 2.26.